The van der Waals surface area contributed by atoms with Gasteiger partial charge in [0.05, 0.1) is 17.8 Å². The fraction of sp³-hybridized carbons (Fsp3) is 0.167. The van der Waals surface area contributed by atoms with Gasteiger partial charge in [0.2, 0.25) is 11.3 Å². The van der Waals surface area contributed by atoms with Crippen LogP contribution in [0.15, 0.2) is 64.0 Å². The quantitative estimate of drug-likeness (QED) is 0.750. The molecule has 6 heteroatoms. The minimum absolute atomic E-state index is 0.0572. The van der Waals surface area contributed by atoms with E-state index in [4.69, 9.17) is 0 Å². The lowest BCUT2D eigenvalue weighted by molar-refractivity contribution is -0.122. The van der Waals surface area contributed by atoms with E-state index in [0.29, 0.717) is 10.9 Å². The summed E-state index contributed by atoms with van der Waals surface area (Å²) in [6, 6.07) is 14.8. The second-order valence-corrected chi connectivity index (χ2v) is 6.44. The van der Waals surface area contributed by atoms with Crippen LogP contribution in [0.1, 0.15) is 18.5 Å². The molecule has 2 aromatic carbocycles. The Kier molecular flexibility index (Phi) is 4.76. The van der Waals surface area contributed by atoms with Gasteiger partial charge in [0.25, 0.3) is 0 Å². The van der Waals surface area contributed by atoms with E-state index < -0.39 is 0 Å². The molecule has 0 aliphatic heterocycles. The molecule has 1 N–H and O–H groups in total. The van der Waals surface area contributed by atoms with Crippen LogP contribution in [0.5, 0.6) is 0 Å². The average molecular weight is 386 g/mol. The molecule has 0 aliphatic carbocycles. The van der Waals surface area contributed by atoms with Gasteiger partial charge in [-0.3, -0.25) is 14.3 Å². The van der Waals surface area contributed by atoms with E-state index in [1.807, 2.05) is 37.3 Å². The van der Waals surface area contributed by atoms with Crippen LogP contribution in [0.3, 0.4) is 0 Å². The van der Waals surface area contributed by atoms with Gasteiger partial charge in [-0.25, -0.2) is 0 Å². The Hall–Kier alpha value is -2.47. The fourth-order valence-corrected chi connectivity index (χ4v) is 2.81. The zero-order chi connectivity index (χ0) is 17.1. The summed E-state index contributed by atoms with van der Waals surface area (Å²) in [6.45, 7) is 1.99. The van der Waals surface area contributed by atoms with E-state index in [-0.39, 0.29) is 23.9 Å². The van der Waals surface area contributed by atoms with Crippen molar-refractivity contribution in [3.8, 4) is 0 Å². The number of fused-ring (bicyclic) bond motifs is 1. The molecular weight excluding hydrogens is 370 g/mol. The first-order chi connectivity index (χ1) is 11.5. The number of benzene rings is 2. The topological polar surface area (TPSA) is 64.0 Å². The average Bonchev–Trinajstić information content (AvgIpc) is 2.58. The Bertz CT molecular complexity index is 935. The normalized spacial score (nSPS) is 12.1. The molecule has 3 aromatic rings. The summed E-state index contributed by atoms with van der Waals surface area (Å²) < 4.78 is 2.54. The largest absolute Gasteiger partial charge is 0.348 e. The smallest absolute Gasteiger partial charge is 0.242 e. The van der Waals surface area contributed by atoms with Crippen molar-refractivity contribution in [3.63, 3.8) is 0 Å². The Morgan fingerprint density at radius 2 is 1.92 bits per heavy atom. The van der Waals surface area contributed by atoms with Crippen molar-refractivity contribution in [1.29, 1.82) is 0 Å². The van der Waals surface area contributed by atoms with Crippen molar-refractivity contribution in [2.45, 2.75) is 19.5 Å². The number of hydrogen-bond donors (Lipinski definition) is 1. The van der Waals surface area contributed by atoms with Crippen molar-refractivity contribution in [1.82, 2.24) is 15.1 Å². The SMILES string of the molecule is CC(NC(=O)Cn1ncc(=O)c2ccccc21)c1ccc(Br)cc1. The highest BCUT2D eigenvalue weighted by molar-refractivity contribution is 9.10. The van der Waals surface area contributed by atoms with Crippen LogP contribution in [-0.4, -0.2) is 15.7 Å². The van der Waals surface area contributed by atoms with E-state index in [1.165, 1.54) is 6.20 Å². The lowest BCUT2D eigenvalue weighted by Crippen LogP contribution is -2.31. The molecule has 24 heavy (non-hydrogen) atoms. The van der Waals surface area contributed by atoms with Gasteiger partial charge in [-0.05, 0) is 36.8 Å². The van der Waals surface area contributed by atoms with Crippen molar-refractivity contribution in [3.05, 3.63) is 75.0 Å². The third-order valence-electron chi connectivity index (χ3n) is 3.80. The molecule has 1 unspecified atom stereocenters. The summed E-state index contributed by atoms with van der Waals surface area (Å²) in [7, 11) is 0. The molecule has 1 aromatic heterocycles. The highest BCUT2D eigenvalue weighted by atomic mass is 79.9. The van der Waals surface area contributed by atoms with E-state index in [0.717, 1.165) is 10.0 Å². The van der Waals surface area contributed by atoms with Crippen LogP contribution in [0.2, 0.25) is 0 Å². The van der Waals surface area contributed by atoms with Gasteiger partial charge in [-0.15, -0.1) is 0 Å². The van der Waals surface area contributed by atoms with E-state index in [9.17, 15) is 9.59 Å². The van der Waals surface area contributed by atoms with Crippen LogP contribution in [0.25, 0.3) is 10.9 Å². The zero-order valence-corrected chi connectivity index (χ0v) is 14.7. The number of rotatable bonds is 4. The minimum atomic E-state index is -0.160. The number of para-hydroxylation sites is 1. The lowest BCUT2D eigenvalue weighted by atomic mass is 10.1. The molecule has 1 amide bonds. The van der Waals surface area contributed by atoms with Crippen LogP contribution in [-0.2, 0) is 11.3 Å². The third-order valence-corrected chi connectivity index (χ3v) is 4.33. The molecule has 0 fully saturated rings. The molecule has 0 spiro atoms. The molecule has 1 atom stereocenters. The van der Waals surface area contributed by atoms with Gasteiger partial charge < -0.3 is 5.32 Å². The van der Waals surface area contributed by atoms with Gasteiger partial charge >= 0.3 is 0 Å². The lowest BCUT2D eigenvalue weighted by Gasteiger charge is -2.15. The second kappa shape index (κ2) is 6.97. The van der Waals surface area contributed by atoms with Crippen molar-refractivity contribution in [2.24, 2.45) is 0 Å². The monoisotopic (exact) mass is 385 g/mol. The number of aromatic nitrogens is 2. The highest BCUT2D eigenvalue weighted by Crippen LogP contribution is 2.16. The number of nitrogens with one attached hydrogen (secondary N) is 1. The molecule has 0 bridgehead atoms. The van der Waals surface area contributed by atoms with Crippen molar-refractivity contribution >= 4 is 32.7 Å². The number of amides is 1. The van der Waals surface area contributed by atoms with Crippen LogP contribution >= 0.6 is 15.9 Å². The Labute approximate surface area is 147 Å². The predicted octanol–water partition coefficient (Wildman–Crippen LogP) is 3.04. The molecular formula is C18H16BrN3O2. The summed E-state index contributed by atoms with van der Waals surface area (Å²) in [4.78, 5) is 24.2. The molecule has 1 heterocycles. The minimum Gasteiger partial charge on any atom is -0.348 e. The highest BCUT2D eigenvalue weighted by Gasteiger charge is 2.12. The summed E-state index contributed by atoms with van der Waals surface area (Å²) in [5.74, 6) is -0.160. The maximum atomic E-state index is 12.3. The first kappa shape index (κ1) is 16.4. The van der Waals surface area contributed by atoms with Gasteiger partial charge in [-0.2, -0.15) is 5.10 Å². The predicted molar refractivity (Wildman–Crippen MR) is 96.7 cm³/mol. The zero-order valence-electron chi connectivity index (χ0n) is 13.1. The van der Waals surface area contributed by atoms with E-state index in [1.54, 1.807) is 22.9 Å². The molecule has 0 saturated heterocycles. The Morgan fingerprint density at radius 3 is 2.67 bits per heavy atom. The first-order valence-corrected chi connectivity index (χ1v) is 8.33. The number of nitrogens with zero attached hydrogens (tertiary/aromatic N) is 2. The standard InChI is InChI=1S/C18H16BrN3O2/c1-12(13-6-8-14(19)9-7-13)21-18(24)11-22-16-5-3-2-4-15(16)17(23)10-20-22/h2-10,12H,11H2,1H3,(H,21,24). The van der Waals surface area contributed by atoms with Crippen molar-refractivity contribution in [2.75, 3.05) is 0 Å². The number of halogens is 1. The molecule has 3 rings (SSSR count). The third kappa shape index (κ3) is 3.54. The maximum absolute atomic E-state index is 12.3. The van der Waals surface area contributed by atoms with Gasteiger partial charge in [-0.1, -0.05) is 40.2 Å². The van der Waals surface area contributed by atoms with Crippen LogP contribution in [0.4, 0.5) is 0 Å². The van der Waals surface area contributed by atoms with Gasteiger partial charge in [0.15, 0.2) is 0 Å². The summed E-state index contributed by atoms with van der Waals surface area (Å²) in [5.41, 5.74) is 1.52. The summed E-state index contributed by atoms with van der Waals surface area (Å²) in [6.07, 6.45) is 1.24. The molecule has 0 saturated carbocycles. The fourth-order valence-electron chi connectivity index (χ4n) is 2.54. The molecule has 0 aliphatic rings. The van der Waals surface area contributed by atoms with Gasteiger partial charge in [0.1, 0.15) is 6.54 Å². The number of carbonyl (C=O) groups is 1. The first-order valence-electron chi connectivity index (χ1n) is 7.54. The van der Waals surface area contributed by atoms with Gasteiger partial charge in [0, 0.05) is 9.86 Å². The Balaban J connectivity index is 1.77. The molecule has 122 valence electrons. The molecule has 5 nitrogen and oxygen atoms in total. The summed E-state index contributed by atoms with van der Waals surface area (Å²) in [5, 5.41) is 7.58. The number of hydrogen-bond acceptors (Lipinski definition) is 3. The van der Waals surface area contributed by atoms with Crippen molar-refractivity contribution < 1.29 is 4.79 Å². The van der Waals surface area contributed by atoms with E-state index in [2.05, 4.69) is 26.3 Å². The van der Waals surface area contributed by atoms with Crippen LogP contribution < -0.4 is 10.7 Å². The number of carbonyl (C=O) groups excluding carboxylic acids is 1. The molecule has 0 radical (unpaired) electrons. The maximum Gasteiger partial charge on any atom is 0.242 e. The van der Waals surface area contributed by atoms with Crippen LogP contribution in [0, 0.1) is 0 Å². The summed E-state index contributed by atoms with van der Waals surface area (Å²) >= 11 is 3.39. The van der Waals surface area contributed by atoms with E-state index >= 15 is 0 Å². The second-order valence-electron chi connectivity index (χ2n) is 5.52. The Morgan fingerprint density at radius 1 is 1.21 bits per heavy atom.